The molecule has 0 aliphatic carbocycles. The molecule has 30 heavy (non-hydrogen) atoms. The SMILES string of the molecule is CN1CCC(O)(Cn2cc(C(=O)N(C)C)c(-c3ccccc3F)cc2=O)C(C)(C)C1. The number of rotatable bonds is 4. The van der Waals surface area contributed by atoms with Crippen molar-refractivity contribution in [2.75, 3.05) is 34.2 Å². The molecule has 1 unspecified atom stereocenters. The minimum atomic E-state index is -1.11. The fourth-order valence-electron chi connectivity index (χ4n) is 4.20. The van der Waals surface area contributed by atoms with Crippen LogP contribution in [0.15, 0.2) is 41.3 Å². The van der Waals surface area contributed by atoms with Gasteiger partial charge in [-0.25, -0.2) is 4.39 Å². The van der Waals surface area contributed by atoms with Crippen molar-refractivity contribution in [2.45, 2.75) is 32.4 Å². The molecule has 1 aromatic heterocycles. The standard InChI is InChI=1S/C23H30FN3O3/c1-22(2)14-26(5)11-10-23(22,30)15-27-13-18(21(29)25(3)4)17(12-20(27)28)16-8-6-7-9-19(16)24/h6-9,12-13,30H,10-11,14-15H2,1-5H3. The first kappa shape index (κ1) is 22.2. The Morgan fingerprint density at radius 1 is 1.23 bits per heavy atom. The zero-order chi connectivity index (χ0) is 22.3. The van der Waals surface area contributed by atoms with Crippen LogP contribution in [0.2, 0.25) is 0 Å². The molecule has 1 aromatic carbocycles. The predicted octanol–water partition coefficient (Wildman–Crippen LogP) is 2.45. The van der Waals surface area contributed by atoms with Crippen molar-refractivity contribution >= 4 is 5.91 Å². The third kappa shape index (κ3) is 4.04. The van der Waals surface area contributed by atoms with Crippen LogP contribution >= 0.6 is 0 Å². The van der Waals surface area contributed by atoms with Crippen molar-refractivity contribution in [2.24, 2.45) is 5.41 Å². The van der Waals surface area contributed by atoms with Crippen LogP contribution in [0, 0.1) is 11.2 Å². The van der Waals surface area contributed by atoms with Crippen molar-refractivity contribution in [3.63, 3.8) is 0 Å². The second-order valence-corrected chi connectivity index (χ2v) is 9.15. The fraction of sp³-hybridized carbons (Fsp3) is 0.478. The lowest BCUT2D eigenvalue weighted by atomic mass is 9.70. The quantitative estimate of drug-likeness (QED) is 0.833. The van der Waals surface area contributed by atoms with Gasteiger partial charge < -0.3 is 19.5 Å². The molecule has 1 aliphatic heterocycles. The first-order valence-corrected chi connectivity index (χ1v) is 10.1. The van der Waals surface area contributed by atoms with E-state index < -0.39 is 16.8 Å². The monoisotopic (exact) mass is 415 g/mol. The van der Waals surface area contributed by atoms with Gasteiger partial charge in [0.15, 0.2) is 0 Å². The summed E-state index contributed by atoms with van der Waals surface area (Å²) in [6, 6.07) is 7.37. The minimum absolute atomic E-state index is 0.0674. The molecule has 7 heteroatoms. The number of hydrogen-bond acceptors (Lipinski definition) is 4. The molecule has 6 nitrogen and oxygen atoms in total. The van der Waals surface area contributed by atoms with Crippen LogP contribution in [0.4, 0.5) is 4.39 Å². The number of hydrogen-bond donors (Lipinski definition) is 1. The Morgan fingerprint density at radius 3 is 2.50 bits per heavy atom. The third-order valence-corrected chi connectivity index (χ3v) is 6.19. The molecule has 0 saturated carbocycles. The van der Waals surface area contributed by atoms with Crippen LogP contribution in [0.5, 0.6) is 0 Å². The molecule has 1 fully saturated rings. The van der Waals surface area contributed by atoms with E-state index in [1.807, 2.05) is 20.9 Å². The highest BCUT2D eigenvalue weighted by atomic mass is 19.1. The lowest BCUT2D eigenvalue weighted by Gasteiger charge is -2.49. The first-order chi connectivity index (χ1) is 13.9. The molecule has 0 radical (unpaired) electrons. The molecule has 1 atom stereocenters. The van der Waals surface area contributed by atoms with E-state index in [9.17, 15) is 19.1 Å². The molecule has 1 N–H and O–H groups in total. The topological polar surface area (TPSA) is 65.8 Å². The summed E-state index contributed by atoms with van der Waals surface area (Å²) in [7, 11) is 5.22. The third-order valence-electron chi connectivity index (χ3n) is 6.19. The van der Waals surface area contributed by atoms with Gasteiger partial charge in [-0.05, 0) is 19.5 Å². The molecule has 1 saturated heterocycles. The van der Waals surface area contributed by atoms with E-state index >= 15 is 0 Å². The predicted molar refractivity (Wildman–Crippen MR) is 115 cm³/mol. The zero-order valence-corrected chi connectivity index (χ0v) is 18.3. The van der Waals surface area contributed by atoms with Gasteiger partial charge in [0.25, 0.3) is 11.5 Å². The second kappa shape index (κ2) is 7.96. The summed E-state index contributed by atoms with van der Waals surface area (Å²) in [6.45, 7) is 5.43. The molecule has 2 aromatic rings. The van der Waals surface area contributed by atoms with Crippen molar-refractivity contribution in [1.29, 1.82) is 0 Å². The van der Waals surface area contributed by atoms with E-state index in [-0.39, 0.29) is 34.7 Å². The van der Waals surface area contributed by atoms with E-state index in [2.05, 4.69) is 4.90 Å². The summed E-state index contributed by atoms with van der Waals surface area (Å²) in [6.07, 6.45) is 1.97. The Hall–Kier alpha value is -2.51. The Bertz CT molecular complexity index is 1010. The largest absolute Gasteiger partial charge is 0.387 e. The highest BCUT2D eigenvalue weighted by Gasteiger charge is 2.47. The maximum atomic E-state index is 14.4. The lowest BCUT2D eigenvalue weighted by molar-refractivity contribution is -0.124. The van der Waals surface area contributed by atoms with Crippen molar-refractivity contribution < 1.29 is 14.3 Å². The van der Waals surface area contributed by atoms with Gasteiger partial charge in [0.1, 0.15) is 5.82 Å². The molecular weight excluding hydrogens is 385 g/mol. The molecule has 3 rings (SSSR count). The number of amides is 1. The van der Waals surface area contributed by atoms with Crippen LogP contribution in [0.1, 0.15) is 30.6 Å². The number of pyridine rings is 1. The number of carbonyl (C=O) groups excluding carboxylic acids is 1. The van der Waals surface area contributed by atoms with Gasteiger partial charge in [-0.1, -0.05) is 32.0 Å². The Morgan fingerprint density at radius 2 is 1.90 bits per heavy atom. The maximum Gasteiger partial charge on any atom is 0.255 e. The fourth-order valence-corrected chi connectivity index (χ4v) is 4.20. The van der Waals surface area contributed by atoms with Gasteiger partial charge in [0.05, 0.1) is 17.7 Å². The van der Waals surface area contributed by atoms with Gasteiger partial charge in [0, 0.05) is 56.0 Å². The molecule has 2 heterocycles. The van der Waals surface area contributed by atoms with E-state index in [1.54, 1.807) is 32.3 Å². The van der Waals surface area contributed by atoms with Crippen molar-refractivity contribution in [1.82, 2.24) is 14.4 Å². The highest BCUT2D eigenvalue weighted by Crippen LogP contribution is 2.39. The Balaban J connectivity index is 2.12. The van der Waals surface area contributed by atoms with E-state index in [0.29, 0.717) is 19.5 Å². The van der Waals surface area contributed by atoms with Crippen LogP contribution in [-0.4, -0.2) is 65.2 Å². The molecule has 1 aliphatic rings. The minimum Gasteiger partial charge on any atom is -0.387 e. The first-order valence-electron chi connectivity index (χ1n) is 10.1. The summed E-state index contributed by atoms with van der Waals surface area (Å²) in [4.78, 5) is 29.4. The number of nitrogens with zero attached hydrogens (tertiary/aromatic N) is 3. The van der Waals surface area contributed by atoms with Crippen LogP contribution < -0.4 is 5.56 Å². The van der Waals surface area contributed by atoms with Crippen LogP contribution in [-0.2, 0) is 6.54 Å². The Kier molecular flexibility index (Phi) is 5.89. The van der Waals surface area contributed by atoms with E-state index in [1.165, 1.54) is 27.8 Å². The summed E-state index contributed by atoms with van der Waals surface area (Å²) in [5.74, 6) is -0.839. The summed E-state index contributed by atoms with van der Waals surface area (Å²) in [5, 5.41) is 11.4. The average molecular weight is 416 g/mol. The van der Waals surface area contributed by atoms with Gasteiger partial charge in [-0.3, -0.25) is 9.59 Å². The maximum absolute atomic E-state index is 14.4. The number of halogens is 1. The molecule has 1 amide bonds. The smallest absolute Gasteiger partial charge is 0.255 e. The van der Waals surface area contributed by atoms with Crippen molar-refractivity contribution in [3.8, 4) is 11.1 Å². The summed E-state index contributed by atoms with van der Waals surface area (Å²) in [5.41, 5.74) is -1.27. The molecular formula is C23H30FN3O3. The van der Waals surface area contributed by atoms with E-state index in [0.717, 1.165) is 0 Å². The highest BCUT2D eigenvalue weighted by molar-refractivity contribution is 6.00. The van der Waals surface area contributed by atoms with Gasteiger partial charge in [-0.2, -0.15) is 0 Å². The number of aromatic nitrogens is 1. The van der Waals surface area contributed by atoms with Crippen LogP contribution in [0.25, 0.3) is 11.1 Å². The number of carbonyl (C=O) groups is 1. The van der Waals surface area contributed by atoms with Gasteiger partial charge >= 0.3 is 0 Å². The second-order valence-electron chi connectivity index (χ2n) is 9.15. The summed E-state index contributed by atoms with van der Waals surface area (Å²) < 4.78 is 15.8. The number of aliphatic hydroxyl groups is 1. The lowest BCUT2D eigenvalue weighted by Crippen LogP contribution is -2.59. The Labute approximate surface area is 176 Å². The molecule has 0 spiro atoms. The number of benzene rings is 1. The van der Waals surface area contributed by atoms with Gasteiger partial charge in [-0.15, -0.1) is 0 Å². The number of likely N-dealkylation sites (tertiary alicyclic amines) is 1. The zero-order valence-electron chi connectivity index (χ0n) is 18.3. The summed E-state index contributed by atoms with van der Waals surface area (Å²) >= 11 is 0. The number of piperidine rings is 1. The normalized spacial score (nSPS) is 21.4. The van der Waals surface area contributed by atoms with Crippen LogP contribution in [0.3, 0.4) is 0 Å². The van der Waals surface area contributed by atoms with E-state index in [4.69, 9.17) is 0 Å². The van der Waals surface area contributed by atoms with Crippen molar-refractivity contribution in [3.05, 3.63) is 58.3 Å². The average Bonchev–Trinajstić information content (AvgIpc) is 2.66. The molecule has 162 valence electrons. The molecule has 0 bridgehead atoms. The van der Waals surface area contributed by atoms with Gasteiger partial charge in [0.2, 0.25) is 0 Å².